The summed E-state index contributed by atoms with van der Waals surface area (Å²) in [7, 11) is 0. The second kappa shape index (κ2) is 8.60. The molecule has 0 radical (unpaired) electrons. The van der Waals surface area contributed by atoms with Gasteiger partial charge in [0.1, 0.15) is 11.5 Å². The van der Waals surface area contributed by atoms with Gasteiger partial charge in [-0.3, -0.25) is 4.79 Å². The standard InChI is InChI=1S/C19H22ClNO3/c1-4-23-17-10-8-15(9-11-17)13(2)21-19(22)14(3)24-18-7-5-6-16(20)12-18/h5-14H,4H2,1-3H3,(H,21,22)/t13-,14-/m1/s1. The van der Waals surface area contributed by atoms with Crippen molar-refractivity contribution >= 4 is 17.5 Å². The van der Waals surface area contributed by atoms with E-state index in [0.717, 1.165) is 11.3 Å². The predicted molar refractivity (Wildman–Crippen MR) is 95.7 cm³/mol. The summed E-state index contributed by atoms with van der Waals surface area (Å²) >= 11 is 5.92. The lowest BCUT2D eigenvalue weighted by molar-refractivity contribution is -0.127. The predicted octanol–water partition coefficient (Wildman–Crippen LogP) is 4.38. The fraction of sp³-hybridized carbons (Fsp3) is 0.316. The van der Waals surface area contributed by atoms with Gasteiger partial charge in [0.2, 0.25) is 0 Å². The zero-order chi connectivity index (χ0) is 17.5. The van der Waals surface area contributed by atoms with E-state index in [1.165, 1.54) is 0 Å². The van der Waals surface area contributed by atoms with Gasteiger partial charge < -0.3 is 14.8 Å². The van der Waals surface area contributed by atoms with E-state index in [2.05, 4.69) is 5.32 Å². The quantitative estimate of drug-likeness (QED) is 0.808. The number of halogens is 1. The summed E-state index contributed by atoms with van der Waals surface area (Å²) in [6.07, 6.45) is -0.617. The molecule has 4 nitrogen and oxygen atoms in total. The van der Waals surface area contributed by atoms with Crippen LogP contribution in [0.4, 0.5) is 0 Å². The van der Waals surface area contributed by atoms with Gasteiger partial charge >= 0.3 is 0 Å². The monoisotopic (exact) mass is 347 g/mol. The highest BCUT2D eigenvalue weighted by Gasteiger charge is 2.18. The van der Waals surface area contributed by atoms with Crippen molar-refractivity contribution in [3.63, 3.8) is 0 Å². The molecule has 128 valence electrons. The molecule has 0 fully saturated rings. The van der Waals surface area contributed by atoms with Gasteiger partial charge in [0.15, 0.2) is 6.10 Å². The Morgan fingerprint density at radius 1 is 1.12 bits per heavy atom. The van der Waals surface area contributed by atoms with Crippen LogP contribution in [0.25, 0.3) is 0 Å². The Bertz CT molecular complexity index is 673. The molecule has 1 N–H and O–H groups in total. The summed E-state index contributed by atoms with van der Waals surface area (Å²) in [5.74, 6) is 1.20. The highest BCUT2D eigenvalue weighted by atomic mass is 35.5. The lowest BCUT2D eigenvalue weighted by Gasteiger charge is -2.19. The third-order valence-electron chi connectivity index (χ3n) is 3.53. The third kappa shape index (κ3) is 5.17. The number of carbonyl (C=O) groups is 1. The first-order valence-electron chi connectivity index (χ1n) is 7.95. The fourth-order valence-corrected chi connectivity index (χ4v) is 2.41. The van der Waals surface area contributed by atoms with Gasteiger partial charge in [-0.25, -0.2) is 0 Å². The lowest BCUT2D eigenvalue weighted by atomic mass is 10.1. The van der Waals surface area contributed by atoms with Gasteiger partial charge in [-0.15, -0.1) is 0 Å². The molecule has 0 aliphatic carbocycles. The van der Waals surface area contributed by atoms with Crippen LogP contribution in [0, 0.1) is 0 Å². The Morgan fingerprint density at radius 3 is 2.46 bits per heavy atom. The number of carbonyl (C=O) groups excluding carboxylic acids is 1. The second-order valence-corrected chi connectivity index (χ2v) is 5.89. The van der Waals surface area contributed by atoms with Gasteiger partial charge in [0.25, 0.3) is 5.91 Å². The Kier molecular flexibility index (Phi) is 6.50. The van der Waals surface area contributed by atoms with Crippen molar-refractivity contribution < 1.29 is 14.3 Å². The van der Waals surface area contributed by atoms with Crippen molar-refractivity contribution in [3.05, 3.63) is 59.1 Å². The van der Waals surface area contributed by atoms with Crippen LogP contribution in [0.1, 0.15) is 32.4 Å². The number of ether oxygens (including phenoxy) is 2. The SMILES string of the molecule is CCOc1ccc([C@@H](C)NC(=O)[C@@H](C)Oc2cccc(Cl)c2)cc1. The summed E-state index contributed by atoms with van der Waals surface area (Å²) in [5.41, 5.74) is 1.00. The van der Waals surface area contributed by atoms with Crippen LogP contribution in [-0.4, -0.2) is 18.6 Å². The molecule has 2 atom stereocenters. The molecule has 0 saturated carbocycles. The fourth-order valence-electron chi connectivity index (χ4n) is 2.23. The van der Waals surface area contributed by atoms with Crippen LogP contribution < -0.4 is 14.8 Å². The number of hydrogen-bond acceptors (Lipinski definition) is 3. The van der Waals surface area contributed by atoms with Crippen LogP contribution in [0.2, 0.25) is 5.02 Å². The van der Waals surface area contributed by atoms with E-state index in [9.17, 15) is 4.79 Å². The van der Waals surface area contributed by atoms with E-state index in [1.54, 1.807) is 31.2 Å². The highest BCUT2D eigenvalue weighted by Crippen LogP contribution is 2.20. The number of rotatable bonds is 7. The minimum Gasteiger partial charge on any atom is -0.494 e. The highest BCUT2D eigenvalue weighted by molar-refractivity contribution is 6.30. The average Bonchev–Trinajstić information content (AvgIpc) is 2.55. The van der Waals surface area contributed by atoms with Crippen LogP contribution in [0.5, 0.6) is 11.5 Å². The van der Waals surface area contributed by atoms with Gasteiger partial charge in [-0.05, 0) is 56.7 Å². The molecule has 1 amide bonds. The molecule has 0 saturated heterocycles. The minimum absolute atomic E-state index is 0.126. The van der Waals surface area contributed by atoms with E-state index in [-0.39, 0.29) is 11.9 Å². The van der Waals surface area contributed by atoms with Gasteiger partial charge in [0.05, 0.1) is 12.6 Å². The molecule has 2 aromatic carbocycles. The molecule has 0 heterocycles. The zero-order valence-corrected chi connectivity index (χ0v) is 14.8. The Morgan fingerprint density at radius 2 is 1.83 bits per heavy atom. The van der Waals surface area contributed by atoms with Crippen LogP contribution in [0.15, 0.2) is 48.5 Å². The molecule has 0 aromatic heterocycles. The summed E-state index contributed by atoms with van der Waals surface area (Å²) in [5, 5.41) is 3.52. The first kappa shape index (κ1) is 18.1. The zero-order valence-electron chi connectivity index (χ0n) is 14.1. The molecule has 5 heteroatoms. The first-order valence-corrected chi connectivity index (χ1v) is 8.32. The molecule has 0 aliphatic heterocycles. The van der Waals surface area contributed by atoms with Crippen molar-refractivity contribution in [3.8, 4) is 11.5 Å². The molecule has 0 aliphatic rings. The van der Waals surface area contributed by atoms with E-state index in [1.807, 2.05) is 38.1 Å². The normalized spacial score (nSPS) is 13.0. The second-order valence-electron chi connectivity index (χ2n) is 5.45. The number of benzene rings is 2. The molecule has 0 bridgehead atoms. The Balaban J connectivity index is 1.92. The number of amides is 1. The molecular weight excluding hydrogens is 326 g/mol. The van der Waals surface area contributed by atoms with Gasteiger partial charge in [-0.2, -0.15) is 0 Å². The Hall–Kier alpha value is -2.20. The Labute approximate surface area is 147 Å². The van der Waals surface area contributed by atoms with Crippen molar-refractivity contribution in [1.82, 2.24) is 5.32 Å². The summed E-state index contributed by atoms with van der Waals surface area (Å²) in [4.78, 5) is 12.3. The van der Waals surface area contributed by atoms with Crippen LogP contribution in [0.3, 0.4) is 0 Å². The molecule has 0 spiro atoms. The van der Waals surface area contributed by atoms with Crippen molar-refractivity contribution in [1.29, 1.82) is 0 Å². The molecule has 24 heavy (non-hydrogen) atoms. The molecule has 0 unspecified atom stereocenters. The van der Waals surface area contributed by atoms with E-state index >= 15 is 0 Å². The van der Waals surface area contributed by atoms with E-state index in [4.69, 9.17) is 21.1 Å². The molecule has 2 aromatic rings. The minimum atomic E-state index is -0.617. The van der Waals surface area contributed by atoms with Crippen molar-refractivity contribution in [2.24, 2.45) is 0 Å². The van der Waals surface area contributed by atoms with Gasteiger partial charge in [0, 0.05) is 5.02 Å². The first-order chi connectivity index (χ1) is 11.5. The molecular formula is C19H22ClNO3. The van der Waals surface area contributed by atoms with Crippen LogP contribution >= 0.6 is 11.6 Å². The topological polar surface area (TPSA) is 47.6 Å². The van der Waals surface area contributed by atoms with Crippen LogP contribution in [-0.2, 0) is 4.79 Å². The maximum absolute atomic E-state index is 12.3. The number of nitrogens with one attached hydrogen (secondary N) is 1. The summed E-state index contributed by atoms with van der Waals surface area (Å²) < 4.78 is 11.0. The third-order valence-corrected chi connectivity index (χ3v) is 3.76. The average molecular weight is 348 g/mol. The summed E-state index contributed by atoms with van der Waals surface area (Å²) in [6.45, 7) is 6.21. The van der Waals surface area contributed by atoms with Crippen molar-refractivity contribution in [2.75, 3.05) is 6.61 Å². The lowest BCUT2D eigenvalue weighted by Crippen LogP contribution is -2.37. The molecule has 2 rings (SSSR count). The maximum Gasteiger partial charge on any atom is 0.261 e. The smallest absolute Gasteiger partial charge is 0.261 e. The summed E-state index contributed by atoms with van der Waals surface area (Å²) in [6, 6.07) is 14.5. The van der Waals surface area contributed by atoms with Crippen molar-refractivity contribution in [2.45, 2.75) is 32.9 Å². The van der Waals surface area contributed by atoms with E-state index < -0.39 is 6.10 Å². The number of hydrogen-bond donors (Lipinski definition) is 1. The van der Waals surface area contributed by atoms with Gasteiger partial charge in [-0.1, -0.05) is 29.8 Å². The maximum atomic E-state index is 12.3. The van der Waals surface area contributed by atoms with E-state index in [0.29, 0.717) is 17.4 Å². The largest absolute Gasteiger partial charge is 0.494 e.